The predicted molar refractivity (Wildman–Crippen MR) is 54.3 cm³/mol. The van der Waals surface area contributed by atoms with Gasteiger partial charge in [0, 0.05) is 4.67 Å². The number of halogens is 3. The van der Waals surface area contributed by atoms with Gasteiger partial charge in [-0.05, 0) is 16.7 Å². The highest BCUT2D eigenvalue weighted by molar-refractivity contribution is 7.86. The molecular formula is C8H7F3O5PS+. The van der Waals surface area contributed by atoms with Gasteiger partial charge in [0.1, 0.15) is 4.90 Å². The topological polar surface area (TPSA) is 69.7 Å². The van der Waals surface area contributed by atoms with Crippen LogP contribution in [0.1, 0.15) is 5.56 Å². The minimum absolute atomic E-state index is 0.586. The van der Waals surface area contributed by atoms with E-state index in [0.717, 1.165) is 18.8 Å². The first-order valence-corrected chi connectivity index (χ1v) is 7.36. The second-order valence-corrected chi connectivity index (χ2v) is 5.54. The van der Waals surface area contributed by atoms with Crippen molar-refractivity contribution in [2.75, 3.05) is 6.66 Å². The maximum absolute atomic E-state index is 12.6. The van der Waals surface area contributed by atoms with Gasteiger partial charge in [0.05, 0.1) is 5.56 Å². The molecule has 0 fully saturated rings. The highest BCUT2D eigenvalue weighted by atomic mass is 32.2. The molecule has 18 heavy (non-hydrogen) atoms. The second-order valence-electron chi connectivity index (χ2n) is 3.03. The number of hydrogen-bond acceptors (Lipinski definition) is 5. The number of rotatable bonds is 4. The average Bonchev–Trinajstić information content (AvgIpc) is 2.25. The van der Waals surface area contributed by atoms with Crippen molar-refractivity contribution in [1.82, 2.24) is 0 Å². The lowest BCUT2D eigenvalue weighted by atomic mass is 10.2. The molecule has 1 atom stereocenters. The maximum atomic E-state index is 12.6. The van der Waals surface area contributed by atoms with E-state index in [4.69, 9.17) is 0 Å². The highest BCUT2D eigenvalue weighted by Gasteiger charge is 2.38. The second kappa shape index (κ2) is 5.31. The Morgan fingerprint density at radius 1 is 1.22 bits per heavy atom. The van der Waals surface area contributed by atoms with Gasteiger partial charge in [-0.1, -0.05) is 16.5 Å². The molecule has 0 amide bonds. The standard InChI is InChI=1S/C8H7F3O5PS/c1-17(12)15-16-18(13,14)7-5-3-2-4-6(7)8(9,10)11/h2-5H,1H3/q+1. The lowest BCUT2D eigenvalue weighted by Gasteiger charge is -2.10. The van der Waals surface area contributed by atoms with Crippen LogP contribution in [-0.2, 0) is 29.9 Å². The monoisotopic (exact) mass is 303 g/mol. The van der Waals surface area contributed by atoms with Crippen molar-refractivity contribution in [2.45, 2.75) is 11.1 Å². The lowest BCUT2D eigenvalue weighted by molar-refractivity contribution is -0.140. The van der Waals surface area contributed by atoms with Gasteiger partial charge in [-0.15, -0.1) is 0 Å². The smallest absolute Gasteiger partial charge is 0.191 e. The molecule has 0 aliphatic heterocycles. The number of benzene rings is 1. The van der Waals surface area contributed by atoms with Gasteiger partial charge in [0.2, 0.25) is 0 Å². The first-order valence-electron chi connectivity index (χ1n) is 4.33. The van der Waals surface area contributed by atoms with E-state index in [2.05, 4.69) is 9.01 Å². The molecule has 0 bridgehead atoms. The number of hydrogen-bond donors (Lipinski definition) is 0. The summed E-state index contributed by atoms with van der Waals surface area (Å²) < 4.78 is 78.7. The zero-order valence-corrected chi connectivity index (χ0v) is 10.6. The fourth-order valence-electron chi connectivity index (χ4n) is 1.04. The van der Waals surface area contributed by atoms with E-state index in [1.807, 2.05) is 0 Å². The first kappa shape index (κ1) is 15.0. The summed E-state index contributed by atoms with van der Waals surface area (Å²) in [5.41, 5.74) is -1.39. The first-order chi connectivity index (χ1) is 8.14. The van der Waals surface area contributed by atoms with Crippen LogP contribution in [0.25, 0.3) is 0 Å². The van der Waals surface area contributed by atoms with Crippen molar-refractivity contribution in [2.24, 2.45) is 0 Å². The molecule has 0 spiro atoms. The third-order valence-electron chi connectivity index (χ3n) is 1.69. The summed E-state index contributed by atoms with van der Waals surface area (Å²) in [5.74, 6) is 0. The number of alkyl halides is 3. The van der Waals surface area contributed by atoms with E-state index in [-0.39, 0.29) is 0 Å². The Morgan fingerprint density at radius 3 is 2.28 bits per heavy atom. The summed E-state index contributed by atoms with van der Waals surface area (Å²) in [6, 6.07) is 3.42. The Morgan fingerprint density at radius 2 is 1.78 bits per heavy atom. The largest absolute Gasteiger partial charge is 0.537 e. The molecular weight excluding hydrogens is 296 g/mol. The van der Waals surface area contributed by atoms with E-state index < -0.39 is 34.8 Å². The highest BCUT2D eigenvalue weighted by Crippen LogP contribution is 2.35. The van der Waals surface area contributed by atoms with Crippen molar-refractivity contribution in [1.29, 1.82) is 0 Å². The van der Waals surface area contributed by atoms with E-state index in [9.17, 15) is 26.2 Å². The van der Waals surface area contributed by atoms with Crippen LogP contribution in [0.2, 0.25) is 0 Å². The zero-order valence-electron chi connectivity index (χ0n) is 8.84. The zero-order chi connectivity index (χ0) is 14.0. The summed E-state index contributed by atoms with van der Waals surface area (Å²) in [6.45, 7) is 0.987. The van der Waals surface area contributed by atoms with Crippen LogP contribution in [-0.4, -0.2) is 15.1 Å². The van der Waals surface area contributed by atoms with Crippen molar-refractivity contribution in [3.63, 3.8) is 0 Å². The van der Waals surface area contributed by atoms with Crippen LogP contribution in [0.4, 0.5) is 13.2 Å². The molecule has 0 aromatic heterocycles. The van der Waals surface area contributed by atoms with E-state index in [0.29, 0.717) is 12.1 Å². The van der Waals surface area contributed by atoms with E-state index in [1.54, 1.807) is 0 Å². The molecule has 0 N–H and O–H groups in total. The molecule has 1 unspecified atom stereocenters. The van der Waals surface area contributed by atoms with Crippen LogP contribution in [0.3, 0.4) is 0 Å². The molecule has 0 saturated heterocycles. The molecule has 0 aliphatic carbocycles. The molecule has 0 saturated carbocycles. The Labute approximate surface area is 101 Å². The summed E-state index contributed by atoms with van der Waals surface area (Å²) in [7, 11) is -7.22. The van der Waals surface area contributed by atoms with E-state index >= 15 is 0 Å². The fraction of sp³-hybridized carbons (Fsp3) is 0.250. The Bertz CT molecular complexity index is 554. The van der Waals surface area contributed by atoms with Crippen LogP contribution in [0.15, 0.2) is 29.2 Å². The summed E-state index contributed by atoms with van der Waals surface area (Å²) in [5, 5.41) is 0. The van der Waals surface area contributed by atoms with Crippen molar-refractivity contribution < 1.29 is 35.2 Å². The van der Waals surface area contributed by atoms with Crippen molar-refractivity contribution >= 4 is 18.1 Å². The minimum Gasteiger partial charge on any atom is -0.191 e. The Balaban J connectivity index is 3.21. The predicted octanol–water partition coefficient (Wildman–Crippen LogP) is 2.71. The van der Waals surface area contributed by atoms with Gasteiger partial charge in [-0.3, -0.25) is 0 Å². The third-order valence-corrected chi connectivity index (χ3v) is 3.21. The van der Waals surface area contributed by atoms with Crippen LogP contribution < -0.4 is 0 Å². The maximum Gasteiger partial charge on any atom is 0.537 e. The summed E-state index contributed by atoms with van der Waals surface area (Å²) >= 11 is 0. The molecule has 5 nitrogen and oxygen atoms in total. The molecule has 0 heterocycles. The summed E-state index contributed by atoms with van der Waals surface area (Å²) in [6.07, 6.45) is -4.86. The quantitative estimate of drug-likeness (QED) is 0.486. The lowest BCUT2D eigenvalue weighted by Crippen LogP contribution is -2.14. The molecule has 100 valence electrons. The van der Waals surface area contributed by atoms with Crippen LogP contribution in [0.5, 0.6) is 0 Å². The SMILES string of the molecule is C[P+](=O)OOS(=O)(=O)c1ccccc1C(F)(F)F. The minimum atomic E-state index is -4.86. The van der Waals surface area contributed by atoms with Gasteiger partial charge in [0.15, 0.2) is 6.66 Å². The normalized spacial score (nSPS) is 13.4. The van der Waals surface area contributed by atoms with Gasteiger partial charge >= 0.3 is 24.3 Å². The Kier molecular flexibility index (Phi) is 4.44. The van der Waals surface area contributed by atoms with Crippen LogP contribution in [0, 0.1) is 0 Å². The molecule has 1 aromatic carbocycles. The average molecular weight is 303 g/mol. The van der Waals surface area contributed by atoms with Crippen molar-refractivity contribution in [3.8, 4) is 0 Å². The van der Waals surface area contributed by atoms with Gasteiger partial charge in [-0.2, -0.15) is 21.6 Å². The molecule has 10 heteroatoms. The molecule has 1 rings (SSSR count). The molecule has 1 aromatic rings. The van der Waals surface area contributed by atoms with Crippen molar-refractivity contribution in [3.05, 3.63) is 29.8 Å². The van der Waals surface area contributed by atoms with Gasteiger partial charge < -0.3 is 0 Å². The van der Waals surface area contributed by atoms with Gasteiger partial charge in [0.25, 0.3) is 0 Å². The summed E-state index contributed by atoms with van der Waals surface area (Å²) in [4.78, 5) is -1.10. The van der Waals surface area contributed by atoms with Crippen LogP contribution >= 0.6 is 8.03 Å². The van der Waals surface area contributed by atoms with E-state index in [1.165, 1.54) is 0 Å². The molecule has 0 radical (unpaired) electrons. The Hall–Kier alpha value is -1.02. The molecule has 0 aliphatic rings. The fourth-order valence-corrected chi connectivity index (χ4v) is 2.47. The van der Waals surface area contributed by atoms with Gasteiger partial charge in [-0.25, -0.2) is 0 Å². The third kappa shape index (κ3) is 3.74.